The molecule has 0 aliphatic carbocycles. The van der Waals surface area contributed by atoms with Crippen molar-refractivity contribution in [3.05, 3.63) is 58.2 Å². The highest BCUT2D eigenvalue weighted by Crippen LogP contribution is 2.38. The molecule has 0 spiro atoms. The molecular formula is C20H20BrN5O4. The Balaban J connectivity index is 1.74. The molecule has 0 radical (unpaired) electrons. The predicted molar refractivity (Wildman–Crippen MR) is 113 cm³/mol. The van der Waals surface area contributed by atoms with E-state index in [0.717, 1.165) is 5.56 Å². The minimum absolute atomic E-state index is 0.00658. The van der Waals surface area contributed by atoms with Crippen LogP contribution in [0.1, 0.15) is 23.0 Å². The number of ether oxygens (including phenoxy) is 2. The molecule has 0 unspecified atom stereocenters. The van der Waals surface area contributed by atoms with Gasteiger partial charge in [0.15, 0.2) is 23.8 Å². The molecule has 0 saturated heterocycles. The van der Waals surface area contributed by atoms with Crippen LogP contribution < -0.4 is 20.5 Å². The summed E-state index contributed by atoms with van der Waals surface area (Å²) in [5.41, 5.74) is 7.17. The van der Waals surface area contributed by atoms with E-state index in [1.807, 2.05) is 37.3 Å². The summed E-state index contributed by atoms with van der Waals surface area (Å²) in [5.74, 6) is -0.218. The molecule has 0 fully saturated rings. The standard InChI is InChI=1S/C20H20BrN5O4/c1-2-29-15-8-13(18-19(20(22)28)25-26-24-18)14(21)9-16(15)30-11-17(27)23-10-12-6-4-3-5-7-12/h3-9H,2,10-11H2,1H3,(H2,22,28)(H,23,27)(H,24,25,26). The maximum atomic E-state index is 12.2. The number of rotatable bonds is 9. The number of carbonyl (C=O) groups is 2. The molecule has 0 aliphatic heterocycles. The van der Waals surface area contributed by atoms with Gasteiger partial charge in [-0.2, -0.15) is 15.4 Å². The molecule has 2 amide bonds. The lowest BCUT2D eigenvalue weighted by Gasteiger charge is -2.14. The first-order valence-corrected chi connectivity index (χ1v) is 9.89. The number of aromatic nitrogens is 3. The van der Waals surface area contributed by atoms with Crippen molar-refractivity contribution in [1.29, 1.82) is 0 Å². The maximum Gasteiger partial charge on any atom is 0.271 e. The Morgan fingerprint density at radius 1 is 1.13 bits per heavy atom. The number of nitrogens with zero attached hydrogens (tertiary/aromatic N) is 2. The first kappa shape index (κ1) is 21.3. The van der Waals surface area contributed by atoms with Crippen LogP contribution in [0.5, 0.6) is 11.5 Å². The van der Waals surface area contributed by atoms with Crippen molar-refractivity contribution in [3.63, 3.8) is 0 Å². The number of halogens is 1. The molecule has 0 aliphatic rings. The van der Waals surface area contributed by atoms with Crippen LogP contribution in [0, 0.1) is 0 Å². The first-order valence-electron chi connectivity index (χ1n) is 9.10. The molecule has 1 aromatic heterocycles. The molecule has 3 aromatic rings. The summed E-state index contributed by atoms with van der Waals surface area (Å²) in [4.78, 5) is 23.7. The molecular weight excluding hydrogens is 454 g/mol. The zero-order valence-corrected chi connectivity index (χ0v) is 17.7. The van der Waals surface area contributed by atoms with Crippen molar-refractivity contribution in [2.75, 3.05) is 13.2 Å². The van der Waals surface area contributed by atoms with Gasteiger partial charge in [-0.15, -0.1) is 0 Å². The second-order valence-electron chi connectivity index (χ2n) is 6.15. The molecule has 2 aromatic carbocycles. The first-order chi connectivity index (χ1) is 14.5. The number of nitrogens with two attached hydrogens (primary N) is 1. The largest absolute Gasteiger partial charge is 0.490 e. The average molecular weight is 474 g/mol. The maximum absolute atomic E-state index is 12.2. The van der Waals surface area contributed by atoms with E-state index in [2.05, 4.69) is 36.7 Å². The van der Waals surface area contributed by atoms with Gasteiger partial charge < -0.3 is 20.5 Å². The Kier molecular flexibility index (Phi) is 7.02. The lowest BCUT2D eigenvalue weighted by atomic mass is 10.1. The van der Waals surface area contributed by atoms with Crippen molar-refractivity contribution >= 4 is 27.7 Å². The van der Waals surface area contributed by atoms with Crippen molar-refractivity contribution in [3.8, 4) is 22.8 Å². The van der Waals surface area contributed by atoms with Gasteiger partial charge in [-0.05, 0) is 40.5 Å². The highest BCUT2D eigenvalue weighted by atomic mass is 79.9. The summed E-state index contributed by atoms with van der Waals surface area (Å²) in [6, 6.07) is 12.9. The second kappa shape index (κ2) is 9.88. The van der Waals surface area contributed by atoms with E-state index in [4.69, 9.17) is 15.2 Å². The summed E-state index contributed by atoms with van der Waals surface area (Å²) in [7, 11) is 0. The van der Waals surface area contributed by atoms with Gasteiger partial charge in [-0.1, -0.05) is 30.3 Å². The number of amides is 2. The van der Waals surface area contributed by atoms with Gasteiger partial charge in [0.2, 0.25) is 0 Å². The minimum atomic E-state index is -0.709. The van der Waals surface area contributed by atoms with Gasteiger partial charge in [0.25, 0.3) is 11.8 Å². The number of H-pyrrole nitrogens is 1. The monoisotopic (exact) mass is 473 g/mol. The smallest absolute Gasteiger partial charge is 0.271 e. The van der Waals surface area contributed by atoms with Crippen LogP contribution in [0.2, 0.25) is 0 Å². The lowest BCUT2D eigenvalue weighted by Crippen LogP contribution is -2.28. The number of primary amides is 1. The van der Waals surface area contributed by atoms with Crippen LogP contribution >= 0.6 is 15.9 Å². The zero-order valence-electron chi connectivity index (χ0n) is 16.1. The summed E-state index contributed by atoms with van der Waals surface area (Å²) >= 11 is 3.44. The summed E-state index contributed by atoms with van der Waals surface area (Å²) in [6.45, 7) is 2.42. The number of benzene rings is 2. The van der Waals surface area contributed by atoms with E-state index < -0.39 is 5.91 Å². The fraction of sp³-hybridized carbons (Fsp3) is 0.200. The summed E-state index contributed by atoms with van der Waals surface area (Å²) < 4.78 is 11.9. The molecule has 30 heavy (non-hydrogen) atoms. The molecule has 10 heteroatoms. The van der Waals surface area contributed by atoms with E-state index in [0.29, 0.717) is 34.7 Å². The van der Waals surface area contributed by atoms with E-state index in [9.17, 15) is 9.59 Å². The third kappa shape index (κ3) is 5.15. The van der Waals surface area contributed by atoms with Crippen molar-refractivity contribution in [2.24, 2.45) is 5.73 Å². The molecule has 0 bridgehead atoms. The molecule has 156 valence electrons. The van der Waals surface area contributed by atoms with Crippen LogP contribution in [0.4, 0.5) is 0 Å². The Bertz CT molecular complexity index is 1040. The van der Waals surface area contributed by atoms with Crippen LogP contribution in [-0.4, -0.2) is 40.4 Å². The van der Waals surface area contributed by atoms with Crippen molar-refractivity contribution in [2.45, 2.75) is 13.5 Å². The number of nitrogens with one attached hydrogen (secondary N) is 2. The van der Waals surface area contributed by atoms with E-state index in [1.54, 1.807) is 12.1 Å². The van der Waals surface area contributed by atoms with Gasteiger partial charge in [0.1, 0.15) is 5.69 Å². The van der Waals surface area contributed by atoms with Crippen LogP contribution in [-0.2, 0) is 11.3 Å². The highest BCUT2D eigenvalue weighted by molar-refractivity contribution is 9.10. The molecule has 4 N–H and O–H groups in total. The number of hydrogen-bond acceptors (Lipinski definition) is 6. The Hall–Kier alpha value is -3.40. The van der Waals surface area contributed by atoms with Crippen molar-refractivity contribution < 1.29 is 19.1 Å². The van der Waals surface area contributed by atoms with Gasteiger partial charge in [0.05, 0.1) is 6.61 Å². The van der Waals surface area contributed by atoms with Crippen LogP contribution in [0.25, 0.3) is 11.3 Å². The van der Waals surface area contributed by atoms with Crippen LogP contribution in [0.3, 0.4) is 0 Å². The van der Waals surface area contributed by atoms with Crippen LogP contribution in [0.15, 0.2) is 46.9 Å². The lowest BCUT2D eigenvalue weighted by molar-refractivity contribution is -0.123. The van der Waals surface area contributed by atoms with Gasteiger partial charge in [-0.3, -0.25) is 9.59 Å². The Morgan fingerprint density at radius 3 is 2.57 bits per heavy atom. The summed E-state index contributed by atoms with van der Waals surface area (Å²) in [5, 5.41) is 13.0. The van der Waals surface area contributed by atoms with Crippen molar-refractivity contribution in [1.82, 2.24) is 20.7 Å². The van der Waals surface area contributed by atoms with E-state index in [-0.39, 0.29) is 23.9 Å². The normalized spacial score (nSPS) is 10.5. The van der Waals surface area contributed by atoms with E-state index >= 15 is 0 Å². The Morgan fingerprint density at radius 2 is 1.87 bits per heavy atom. The fourth-order valence-corrected chi connectivity index (χ4v) is 3.19. The minimum Gasteiger partial charge on any atom is -0.490 e. The topological polar surface area (TPSA) is 132 Å². The van der Waals surface area contributed by atoms with Gasteiger partial charge >= 0.3 is 0 Å². The highest BCUT2D eigenvalue weighted by Gasteiger charge is 2.20. The van der Waals surface area contributed by atoms with E-state index in [1.165, 1.54) is 0 Å². The van der Waals surface area contributed by atoms with Gasteiger partial charge in [0, 0.05) is 16.6 Å². The van der Waals surface area contributed by atoms with Gasteiger partial charge in [-0.25, -0.2) is 0 Å². The molecule has 1 heterocycles. The Labute approximate surface area is 181 Å². The SMILES string of the molecule is CCOc1cc(-c2n[nH]nc2C(N)=O)c(Br)cc1OCC(=O)NCc1ccccc1. The quantitative estimate of drug-likeness (QED) is 0.437. The number of aromatic amines is 1. The molecule has 3 rings (SSSR count). The zero-order chi connectivity index (χ0) is 21.5. The number of hydrogen-bond donors (Lipinski definition) is 3. The summed E-state index contributed by atoms with van der Waals surface area (Å²) in [6.07, 6.45) is 0. The fourth-order valence-electron chi connectivity index (χ4n) is 2.68. The molecule has 0 saturated carbocycles. The third-order valence-corrected chi connectivity index (χ3v) is 4.72. The third-order valence-electron chi connectivity index (χ3n) is 4.06. The average Bonchev–Trinajstić information content (AvgIpc) is 3.23. The number of carbonyl (C=O) groups excluding carboxylic acids is 2. The molecule has 0 atom stereocenters. The predicted octanol–water partition coefficient (Wildman–Crippen LogP) is 2.43. The molecule has 9 nitrogen and oxygen atoms in total. The second-order valence-corrected chi connectivity index (χ2v) is 7.00.